The summed E-state index contributed by atoms with van der Waals surface area (Å²) in [5.74, 6) is 2.11. The van der Waals surface area contributed by atoms with Gasteiger partial charge in [-0.3, -0.25) is 9.67 Å². The van der Waals surface area contributed by atoms with E-state index in [2.05, 4.69) is 32.5 Å². The molecule has 0 saturated heterocycles. The molecule has 3 nitrogen and oxygen atoms in total. The number of nitrogens with one attached hydrogen (secondary N) is 1. The molecule has 2 aromatic heterocycles. The molecule has 0 aliphatic heterocycles. The van der Waals surface area contributed by atoms with Crippen LogP contribution >= 0.6 is 35.3 Å². The van der Waals surface area contributed by atoms with Gasteiger partial charge in [-0.2, -0.15) is 16.9 Å². The average molecular weight is 271 g/mol. The van der Waals surface area contributed by atoms with Crippen LogP contribution < -0.4 is 0 Å². The highest BCUT2D eigenvalue weighted by Crippen LogP contribution is 2.22. The van der Waals surface area contributed by atoms with Gasteiger partial charge in [-0.15, -0.1) is 11.3 Å². The lowest BCUT2D eigenvalue weighted by molar-refractivity contribution is 0.680. The van der Waals surface area contributed by atoms with Crippen LogP contribution in [-0.4, -0.2) is 26.8 Å². The van der Waals surface area contributed by atoms with E-state index >= 15 is 0 Å². The van der Waals surface area contributed by atoms with E-state index in [4.69, 9.17) is 12.2 Å². The second kappa shape index (κ2) is 5.65. The molecule has 86 valence electrons. The van der Waals surface area contributed by atoms with Crippen molar-refractivity contribution in [3.63, 3.8) is 0 Å². The zero-order chi connectivity index (χ0) is 11.4. The molecule has 0 unspecified atom stereocenters. The maximum Gasteiger partial charge on any atom is 0.195 e. The number of hydrogen-bond donors (Lipinski definition) is 1. The van der Waals surface area contributed by atoms with Crippen molar-refractivity contribution in [1.29, 1.82) is 0 Å². The van der Waals surface area contributed by atoms with E-state index in [0.717, 1.165) is 29.4 Å². The van der Waals surface area contributed by atoms with Gasteiger partial charge in [0.15, 0.2) is 10.6 Å². The van der Waals surface area contributed by atoms with Crippen molar-refractivity contribution in [2.75, 3.05) is 12.0 Å². The molecule has 0 bridgehead atoms. The summed E-state index contributed by atoms with van der Waals surface area (Å²) in [5, 5.41) is 9.21. The Morgan fingerprint density at radius 2 is 2.50 bits per heavy atom. The minimum absolute atomic E-state index is 0.713. The van der Waals surface area contributed by atoms with E-state index in [1.165, 1.54) is 0 Å². The Hall–Kier alpha value is -0.590. The molecule has 16 heavy (non-hydrogen) atoms. The highest BCUT2D eigenvalue weighted by molar-refractivity contribution is 7.98. The van der Waals surface area contributed by atoms with E-state index < -0.39 is 0 Å². The number of rotatable bonds is 5. The van der Waals surface area contributed by atoms with Crippen molar-refractivity contribution in [1.82, 2.24) is 14.8 Å². The second-order valence-electron chi connectivity index (χ2n) is 3.33. The SMILES string of the molecule is CSCCCn1c(-c2cccs2)n[nH]c1=S. The van der Waals surface area contributed by atoms with Crippen LogP contribution in [0.4, 0.5) is 0 Å². The summed E-state index contributed by atoms with van der Waals surface area (Å²) in [6, 6.07) is 4.10. The minimum atomic E-state index is 0.713. The molecule has 0 aliphatic carbocycles. The molecular formula is C10H13N3S3. The Bertz CT molecular complexity index is 484. The first-order chi connectivity index (χ1) is 7.83. The lowest BCUT2D eigenvalue weighted by Gasteiger charge is -2.04. The number of aromatic amines is 1. The lowest BCUT2D eigenvalue weighted by Crippen LogP contribution is -2.01. The van der Waals surface area contributed by atoms with E-state index in [-0.39, 0.29) is 0 Å². The molecule has 6 heteroatoms. The first-order valence-corrected chi connectivity index (χ1v) is 7.69. The maximum absolute atomic E-state index is 5.24. The van der Waals surface area contributed by atoms with Gasteiger partial charge in [0.25, 0.3) is 0 Å². The molecule has 2 aromatic rings. The standard InChI is InChI=1S/C10H13N3S3/c1-15-6-3-5-13-9(11-12-10(13)14)8-4-2-7-16-8/h2,4,7H,3,5-6H2,1H3,(H,12,14). The van der Waals surface area contributed by atoms with Crippen LogP contribution in [0.3, 0.4) is 0 Å². The number of hydrogen-bond acceptors (Lipinski definition) is 4. The Kier molecular flexibility index (Phi) is 4.20. The molecule has 0 aromatic carbocycles. The third-order valence-corrected chi connectivity index (χ3v) is 4.10. The van der Waals surface area contributed by atoms with Crippen molar-refractivity contribution in [3.05, 3.63) is 22.3 Å². The lowest BCUT2D eigenvalue weighted by atomic mass is 10.4. The first-order valence-electron chi connectivity index (χ1n) is 5.01. The Balaban J connectivity index is 2.23. The molecular weight excluding hydrogens is 258 g/mol. The highest BCUT2D eigenvalue weighted by Gasteiger charge is 2.08. The van der Waals surface area contributed by atoms with Gasteiger partial charge < -0.3 is 0 Å². The summed E-state index contributed by atoms with van der Waals surface area (Å²) in [5.41, 5.74) is 0. The zero-order valence-corrected chi connectivity index (χ0v) is 11.4. The number of thiophene rings is 1. The summed E-state index contributed by atoms with van der Waals surface area (Å²) < 4.78 is 2.79. The van der Waals surface area contributed by atoms with Crippen LogP contribution in [0.15, 0.2) is 17.5 Å². The Morgan fingerprint density at radius 1 is 1.62 bits per heavy atom. The third kappa shape index (κ3) is 2.56. The van der Waals surface area contributed by atoms with Gasteiger partial charge in [-0.1, -0.05) is 6.07 Å². The predicted octanol–water partition coefficient (Wildman–Crippen LogP) is 3.42. The third-order valence-electron chi connectivity index (χ3n) is 2.23. The summed E-state index contributed by atoms with van der Waals surface area (Å²) in [6.07, 6.45) is 3.24. The normalized spacial score (nSPS) is 10.8. The fraction of sp³-hybridized carbons (Fsp3) is 0.400. The predicted molar refractivity (Wildman–Crippen MR) is 73.7 cm³/mol. The number of H-pyrrole nitrogens is 1. The molecule has 0 atom stereocenters. The maximum atomic E-state index is 5.24. The highest BCUT2D eigenvalue weighted by atomic mass is 32.2. The monoisotopic (exact) mass is 271 g/mol. The van der Waals surface area contributed by atoms with Gasteiger partial charge >= 0.3 is 0 Å². The molecule has 0 radical (unpaired) electrons. The fourth-order valence-electron chi connectivity index (χ4n) is 1.49. The topological polar surface area (TPSA) is 33.6 Å². The van der Waals surface area contributed by atoms with E-state index in [9.17, 15) is 0 Å². The van der Waals surface area contributed by atoms with Gasteiger partial charge in [0, 0.05) is 6.54 Å². The second-order valence-corrected chi connectivity index (χ2v) is 5.65. The van der Waals surface area contributed by atoms with Gasteiger partial charge in [-0.25, -0.2) is 0 Å². The quantitative estimate of drug-likeness (QED) is 0.668. The molecule has 0 aliphatic rings. The summed E-state index contributed by atoms with van der Waals surface area (Å²) >= 11 is 8.78. The van der Waals surface area contributed by atoms with Crippen molar-refractivity contribution in [3.8, 4) is 10.7 Å². The van der Waals surface area contributed by atoms with Crippen LogP contribution in [0.25, 0.3) is 10.7 Å². The van der Waals surface area contributed by atoms with E-state index in [0.29, 0.717) is 4.77 Å². The summed E-state index contributed by atoms with van der Waals surface area (Å²) in [6.45, 7) is 0.934. The van der Waals surface area contributed by atoms with Gasteiger partial charge in [0.05, 0.1) is 4.88 Å². The van der Waals surface area contributed by atoms with Crippen LogP contribution in [0, 0.1) is 4.77 Å². The van der Waals surface area contributed by atoms with Crippen molar-refractivity contribution in [2.24, 2.45) is 0 Å². The number of nitrogens with zero attached hydrogens (tertiary/aromatic N) is 2. The van der Waals surface area contributed by atoms with Crippen LogP contribution in [0.5, 0.6) is 0 Å². The Morgan fingerprint density at radius 3 is 3.19 bits per heavy atom. The van der Waals surface area contributed by atoms with Gasteiger partial charge in [0.1, 0.15) is 0 Å². The zero-order valence-electron chi connectivity index (χ0n) is 8.97. The van der Waals surface area contributed by atoms with E-state index in [1.807, 2.05) is 17.8 Å². The van der Waals surface area contributed by atoms with Crippen molar-refractivity contribution >= 4 is 35.3 Å². The fourth-order valence-corrected chi connectivity index (χ4v) is 2.85. The molecule has 0 amide bonds. The Labute approximate surface area is 108 Å². The molecule has 0 fully saturated rings. The van der Waals surface area contributed by atoms with Crippen LogP contribution in [0.1, 0.15) is 6.42 Å². The largest absolute Gasteiger partial charge is 0.299 e. The number of aromatic nitrogens is 3. The molecule has 0 spiro atoms. The van der Waals surface area contributed by atoms with Crippen molar-refractivity contribution in [2.45, 2.75) is 13.0 Å². The van der Waals surface area contributed by atoms with Gasteiger partial charge in [-0.05, 0) is 42.1 Å². The average Bonchev–Trinajstić information content (AvgIpc) is 2.89. The van der Waals surface area contributed by atoms with Crippen LogP contribution in [-0.2, 0) is 6.54 Å². The smallest absolute Gasteiger partial charge is 0.195 e. The summed E-state index contributed by atoms with van der Waals surface area (Å²) in [7, 11) is 0. The number of thioether (sulfide) groups is 1. The summed E-state index contributed by atoms with van der Waals surface area (Å²) in [4.78, 5) is 1.16. The minimum Gasteiger partial charge on any atom is -0.299 e. The van der Waals surface area contributed by atoms with E-state index in [1.54, 1.807) is 11.3 Å². The molecule has 0 saturated carbocycles. The molecule has 2 heterocycles. The van der Waals surface area contributed by atoms with Gasteiger partial charge in [0.2, 0.25) is 0 Å². The molecule has 1 N–H and O–H groups in total. The van der Waals surface area contributed by atoms with Crippen molar-refractivity contribution < 1.29 is 0 Å². The first kappa shape index (κ1) is 11.9. The van der Waals surface area contributed by atoms with Crippen LogP contribution in [0.2, 0.25) is 0 Å². The molecule has 2 rings (SSSR count).